The highest BCUT2D eigenvalue weighted by Crippen LogP contribution is 2.16. The van der Waals surface area contributed by atoms with E-state index in [0.717, 1.165) is 18.2 Å². The minimum absolute atomic E-state index is 0.900. The Morgan fingerprint density at radius 3 is 2.25 bits per heavy atom. The smallest absolute Gasteiger partial charge is 0.00398 e. The molecule has 16 heavy (non-hydrogen) atoms. The minimum atomic E-state index is 0.900. The van der Waals surface area contributed by atoms with Crippen molar-refractivity contribution >= 4 is 12.6 Å². The van der Waals surface area contributed by atoms with Crippen molar-refractivity contribution in [3.8, 4) is 0 Å². The van der Waals surface area contributed by atoms with E-state index < -0.39 is 0 Å². The number of thiol groups is 1. The van der Waals surface area contributed by atoms with Crippen LogP contribution in [0.25, 0.3) is 0 Å². The third-order valence-corrected chi connectivity index (χ3v) is 3.38. The monoisotopic (exact) mass is 245 g/mol. The molecule has 0 saturated carbocycles. The summed E-state index contributed by atoms with van der Waals surface area (Å²) in [6, 6.07) is 0. The maximum absolute atomic E-state index is 4.23. The van der Waals surface area contributed by atoms with Crippen LogP contribution in [0.2, 0.25) is 0 Å². The molecule has 0 aliphatic heterocycles. The normalized spacial score (nSPS) is 12.9. The van der Waals surface area contributed by atoms with Gasteiger partial charge in [0.1, 0.15) is 0 Å². The molecule has 0 aliphatic rings. The largest absolute Gasteiger partial charge is 0.316 e. The Bertz CT molecular complexity index is 128. The van der Waals surface area contributed by atoms with E-state index >= 15 is 0 Å². The van der Waals surface area contributed by atoms with Crippen LogP contribution >= 0.6 is 12.6 Å². The van der Waals surface area contributed by atoms with Crippen LogP contribution < -0.4 is 5.32 Å². The standard InChI is InChI=1S/C14H31NS/c1-3-5-7-8-10-14(9-6-4-2)13-15-11-12-16/h14-16H,3-13H2,1-2H3. The van der Waals surface area contributed by atoms with Crippen LogP contribution in [-0.2, 0) is 0 Å². The van der Waals surface area contributed by atoms with E-state index in [2.05, 4.69) is 31.8 Å². The average molecular weight is 245 g/mol. The molecule has 1 N–H and O–H groups in total. The summed E-state index contributed by atoms with van der Waals surface area (Å²) < 4.78 is 0. The number of rotatable bonds is 12. The summed E-state index contributed by atoms with van der Waals surface area (Å²) in [6.07, 6.45) is 11.1. The van der Waals surface area contributed by atoms with Crippen LogP contribution in [0.15, 0.2) is 0 Å². The van der Waals surface area contributed by atoms with E-state index in [1.54, 1.807) is 0 Å². The zero-order chi connectivity index (χ0) is 12.1. The first kappa shape index (κ1) is 16.3. The summed E-state index contributed by atoms with van der Waals surface area (Å²) in [5.41, 5.74) is 0. The lowest BCUT2D eigenvalue weighted by molar-refractivity contribution is 0.393. The Hall–Kier alpha value is 0.310. The van der Waals surface area contributed by atoms with E-state index in [0.29, 0.717) is 0 Å². The third-order valence-electron chi connectivity index (χ3n) is 3.15. The van der Waals surface area contributed by atoms with Gasteiger partial charge < -0.3 is 5.32 Å². The second-order valence-corrected chi connectivity index (χ2v) is 5.23. The highest BCUT2D eigenvalue weighted by Gasteiger charge is 2.07. The minimum Gasteiger partial charge on any atom is -0.316 e. The highest BCUT2D eigenvalue weighted by atomic mass is 32.1. The van der Waals surface area contributed by atoms with Gasteiger partial charge in [-0.15, -0.1) is 0 Å². The zero-order valence-corrected chi connectivity index (χ0v) is 12.2. The Kier molecular flexibility index (Phi) is 13.6. The SMILES string of the molecule is CCCCCCC(CCCC)CNCCS. The van der Waals surface area contributed by atoms with E-state index in [4.69, 9.17) is 0 Å². The van der Waals surface area contributed by atoms with Crippen molar-refractivity contribution in [3.05, 3.63) is 0 Å². The summed E-state index contributed by atoms with van der Waals surface area (Å²) >= 11 is 4.23. The van der Waals surface area contributed by atoms with E-state index in [-0.39, 0.29) is 0 Å². The van der Waals surface area contributed by atoms with Crippen molar-refractivity contribution in [2.75, 3.05) is 18.8 Å². The van der Waals surface area contributed by atoms with Crippen molar-refractivity contribution in [2.45, 2.75) is 65.2 Å². The van der Waals surface area contributed by atoms with Gasteiger partial charge in [0.2, 0.25) is 0 Å². The lowest BCUT2D eigenvalue weighted by Gasteiger charge is -2.17. The van der Waals surface area contributed by atoms with Gasteiger partial charge in [-0.3, -0.25) is 0 Å². The lowest BCUT2D eigenvalue weighted by Crippen LogP contribution is -2.24. The van der Waals surface area contributed by atoms with Crippen LogP contribution in [0.3, 0.4) is 0 Å². The molecule has 0 spiro atoms. The molecule has 0 aromatic heterocycles. The molecule has 0 radical (unpaired) electrons. The van der Waals surface area contributed by atoms with Crippen molar-refractivity contribution in [1.29, 1.82) is 0 Å². The maximum Gasteiger partial charge on any atom is 0.00398 e. The van der Waals surface area contributed by atoms with Gasteiger partial charge in [0.25, 0.3) is 0 Å². The van der Waals surface area contributed by atoms with Gasteiger partial charge >= 0.3 is 0 Å². The molecule has 1 unspecified atom stereocenters. The molecule has 0 bridgehead atoms. The van der Waals surface area contributed by atoms with Crippen molar-refractivity contribution in [2.24, 2.45) is 5.92 Å². The molecule has 0 rings (SSSR count). The summed E-state index contributed by atoms with van der Waals surface area (Å²) in [5.74, 6) is 1.85. The molecule has 0 aliphatic carbocycles. The van der Waals surface area contributed by atoms with Crippen molar-refractivity contribution in [3.63, 3.8) is 0 Å². The molecule has 98 valence electrons. The van der Waals surface area contributed by atoms with Gasteiger partial charge in [0, 0.05) is 12.3 Å². The van der Waals surface area contributed by atoms with Crippen molar-refractivity contribution < 1.29 is 0 Å². The van der Waals surface area contributed by atoms with Gasteiger partial charge in [0.15, 0.2) is 0 Å². The molecular weight excluding hydrogens is 214 g/mol. The number of unbranched alkanes of at least 4 members (excludes halogenated alkanes) is 4. The van der Waals surface area contributed by atoms with Crippen LogP contribution in [-0.4, -0.2) is 18.8 Å². The predicted octanol–water partition coefficient (Wildman–Crippen LogP) is 4.28. The summed E-state index contributed by atoms with van der Waals surface area (Å²) in [5, 5.41) is 3.51. The Balaban J connectivity index is 3.54. The molecule has 0 aromatic carbocycles. The van der Waals surface area contributed by atoms with Gasteiger partial charge in [0.05, 0.1) is 0 Å². The molecule has 0 fully saturated rings. The fraction of sp³-hybridized carbons (Fsp3) is 1.00. The summed E-state index contributed by atoms with van der Waals surface area (Å²) in [7, 11) is 0. The first-order chi connectivity index (χ1) is 7.85. The van der Waals surface area contributed by atoms with E-state index in [1.165, 1.54) is 57.9 Å². The van der Waals surface area contributed by atoms with E-state index in [9.17, 15) is 0 Å². The van der Waals surface area contributed by atoms with Crippen molar-refractivity contribution in [1.82, 2.24) is 5.32 Å². The molecule has 0 heterocycles. The van der Waals surface area contributed by atoms with Crippen LogP contribution in [0.4, 0.5) is 0 Å². The van der Waals surface area contributed by atoms with Crippen LogP contribution in [0.5, 0.6) is 0 Å². The van der Waals surface area contributed by atoms with Gasteiger partial charge in [-0.25, -0.2) is 0 Å². The number of hydrogen-bond acceptors (Lipinski definition) is 2. The van der Waals surface area contributed by atoms with Gasteiger partial charge in [-0.2, -0.15) is 12.6 Å². The molecule has 2 heteroatoms. The number of hydrogen-bond donors (Lipinski definition) is 2. The first-order valence-electron chi connectivity index (χ1n) is 7.16. The highest BCUT2D eigenvalue weighted by molar-refractivity contribution is 7.80. The second kappa shape index (κ2) is 13.4. The predicted molar refractivity (Wildman–Crippen MR) is 78.5 cm³/mol. The number of nitrogens with one attached hydrogen (secondary N) is 1. The topological polar surface area (TPSA) is 12.0 Å². The Labute approximate surface area is 108 Å². The summed E-state index contributed by atoms with van der Waals surface area (Å²) in [4.78, 5) is 0. The summed E-state index contributed by atoms with van der Waals surface area (Å²) in [6.45, 7) is 6.82. The van der Waals surface area contributed by atoms with Gasteiger partial charge in [-0.05, 0) is 25.3 Å². The van der Waals surface area contributed by atoms with Crippen LogP contribution in [0, 0.1) is 5.92 Å². The average Bonchev–Trinajstić information content (AvgIpc) is 2.31. The Morgan fingerprint density at radius 1 is 0.938 bits per heavy atom. The van der Waals surface area contributed by atoms with E-state index in [1.807, 2.05) is 0 Å². The Morgan fingerprint density at radius 2 is 1.62 bits per heavy atom. The molecular formula is C14H31NS. The maximum atomic E-state index is 4.23. The second-order valence-electron chi connectivity index (χ2n) is 4.79. The molecule has 0 aromatic rings. The lowest BCUT2D eigenvalue weighted by atomic mass is 9.95. The molecule has 1 nitrogen and oxygen atoms in total. The first-order valence-corrected chi connectivity index (χ1v) is 7.79. The molecule has 0 amide bonds. The van der Waals surface area contributed by atoms with Gasteiger partial charge in [-0.1, -0.05) is 52.4 Å². The molecule has 1 atom stereocenters. The third kappa shape index (κ3) is 10.8. The quantitative estimate of drug-likeness (QED) is 0.386. The zero-order valence-electron chi connectivity index (χ0n) is 11.3. The fourth-order valence-electron chi connectivity index (χ4n) is 2.09. The van der Waals surface area contributed by atoms with Crippen LogP contribution in [0.1, 0.15) is 65.2 Å². The fourth-order valence-corrected chi connectivity index (χ4v) is 2.24. The molecule has 0 saturated heterocycles.